The zero-order valence-corrected chi connectivity index (χ0v) is 11.6. The van der Waals surface area contributed by atoms with Gasteiger partial charge in [0.25, 0.3) is 0 Å². The van der Waals surface area contributed by atoms with Gasteiger partial charge in [0.2, 0.25) is 0 Å². The first kappa shape index (κ1) is 14.5. The van der Waals surface area contributed by atoms with Gasteiger partial charge in [-0.15, -0.1) is 11.8 Å². The minimum Gasteiger partial charge on any atom is -0.313 e. The van der Waals surface area contributed by atoms with Crippen LogP contribution in [0.2, 0.25) is 0 Å². The molecule has 17 heavy (non-hydrogen) atoms. The lowest BCUT2D eigenvalue weighted by atomic mass is 10.2. The third-order valence-corrected chi connectivity index (χ3v) is 3.64. The summed E-state index contributed by atoms with van der Waals surface area (Å²) in [6.45, 7) is 6.01. The lowest BCUT2D eigenvalue weighted by Gasteiger charge is -2.06. The first-order chi connectivity index (χ1) is 8.27. The number of rotatable bonds is 8. The van der Waals surface area contributed by atoms with E-state index >= 15 is 0 Å². The standard InChI is InChI=1S/C14H22FNS/c1-3-5-9-17-14-7-6-12(10-13(14)15)11-16-8-4-2/h6-7,10,16H,3-5,8-9,11H2,1-2H3. The van der Waals surface area contributed by atoms with Gasteiger partial charge >= 0.3 is 0 Å². The molecule has 0 aliphatic rings. The van der Waals surface area contributed by atoms with E-state index in [1.165, 1.54) is 0 Å². The summed E-state index contributed by atoms with van der Waals surface area (Å²) in [4.78, 5) is 0.776. The fourth-order valence-electron chi connectivity index (χ4n) is 1.51. The van der Waals surface area contributed by atoms with Crippen LogP contribution in [0.25, 0.3) is 0 Å². The Bertz CT molecular complexity index is 328. The molecule has 0 radical (unpaired) electrons. The van der Waals surface area contributed by atoms with Crippen LogP contribution in [0.1, 0.15) is 38.7 Å². The van der Waals surface area contributed by atoms with Crippen LogP contribution in [-0.2, 0) is 6.54 Å². The molecule has 0 fully saturated rings. The monoisotopic (exact) mass is 255 g/mol. The highest BCUT2D eigenvalue weighted by molar-refractivity contribution is 7.99. The van der Waals surface area contributed by atoms with Crippen LogP contribution in [0.3, 0.4) is 0 Å². The van der Waals surface area contributed by atoms with Crippen LogP contribution in [0, 0.1) is 5.82 Å². The Hall–Kier alpha value is -0.540. The van der Waals surface area contributed by atoms with Crippen molar-refractivity contribution in [3.63, 3.8) is 0 Å². The third kappa shape index (κ3) is 5.55. The molecule has 0 heterocycles. The highest BCUT2D eigenvalue weighted by Crippen LogP contribution is 2.23. The predicted molar refractivity (Wildman–Crippen MR) is 74.0 cm³/mol. The number of thioether (sulfide) groups is 1. The van der Waals surface area contributed by atoms with Gasteiger partial charge in [-0.3, -0.25) is 0 Å². The molecule has 0 aliphatic heterocycles. The second kappa shape index (κ2) is 8.54. The van der Waals surface area contributed by atoms with Crippen LogP contribution in [0.15, 0.2) is 23.1 Å². The van der Waals surface area contributed by atoms with Crippen molar-refractivity contribution in [2.45, 2.75) is 44.6 Å². The summed E-state index contributed by atoms with van der Waals surface area (Å²) in [5.74, 6) is 0.919. The van der Waals surface area contributed by atoms with Crippen molar-refractivity contribution in [3.05, 3.63) is 29.6 Å². The maximum atomic E-state index is 13.7. The Labute approximate surface area is 108 Å². The van der Waals surface area contributed by atoms with E-state index in [1.807, 2.05) is 12.1 Å². The Morgan fingerprint density at radius 3 is 2.71 bits per heavy atom. The molecule has 0 aliphatic carbocycles. The summed E-state index contributed by atoms with van der Waals surface area (Å²) in [5, 5.41) is 3.28. The van der Waals surface area contributed by atoms with E-state index < -0.39 is 0 Å². The van der Waals surface area contributed by atoms with E-state index in [1.54, 1.807) is 17.8 Å². The third-order valence-electron chi connectivity index (χ3n) is 2.51. The maximum Gasteiger partial charge on any atom is 0.137 e. The van der Waals surface area contributed by atoms with Gasteiger partial charge in [-0.25, -0.2) is 4.39 Å². The summed E-state index contributed by atoms with van der Waals surface area (Å²) in [6.07, 6.45) is 3.41. The van der Waals surface area contributed by atoms with Gasteiger partial charge in [0.1, 0.15) is 5.82 Å². The van der Waals surface area contributed by atoms with Gasteiger partial charge in [0, 0.05) is 11.4 Å². The van der Waals surface area contributed by atoms with Crippen molar-refractivity contribution in [2.24, 2.45) is 0 Å². The van der Waals surface area contributed by atoms with Crippen molar-refractivity contribution < 1.29 is 4.39 Å². The Balaban J connectivity index is 2.47. The van der Waals surface area contributed by atoms with Crippen molar-refractivity contribution in [1.29, 1.82) is 0 Å². The highest BCUT2D eigenvalue weighted by atomic mass is 32.2. The predicted octanol–water partition coefficient (Wildman–Crippen LogP) is 4.22. The van der Waals surface area contributed by atoms with Crippen molar-refractivity contribution >= 4 is 11.8 Å². The second-order valence-corrected chi connectivity index (χ2v) is 5.28. The lowest BCUT2D eigenvalue weighted by Crippen LogP contribution is -2.13. The molecule has 0 amide bonds. The average Bonchev–Trinajstić information content (AvgIpc) is 2.32. The summed E-state index contributed by atoms with van der Waals surface area (Å²) >= 11 is 1.61. The maximum absolute atomic E-state index is 13.7. The van der Waals surface area contributed by atoms with Crippen LogP contribution in [0.4, 0.5) is 4.39 Å². The summed E-state index contributed by atoms with van der Waals surface area (Å²) < 4.78 is 13.7. The van der Waals surface area contributed by atoms with Crippen molar-refractivity contribution in [2.75, 3.05) is 12.3 Å². The first-order valence-corrected chi connectivity index (χ1v) is 7.38. The van der Waals surface area contributed by atoms with Crippen LogP contribution < -0.4 is 5.32 Å². The number of benzene rings is 1. The van der Waals surface area contributed by atoms with E-state index in [-0.39, 0.29) is 5.82 Å². The van der Waals surface area contributed by atoms with Crippen LogP contribution in [-0.4, -0.2) is 12.3 Å². The first-order valence-electron chi connectivity index (χ1n) is 6.39. The van der Waals surface area contributed by atoms with E-state index in [2.05, 4.69) is 19.2 Å². The van der Waals surface area contributed by atoms with Crippen LogP contribution >= 0.6 is 11.8 Å². The molecule has 3 heteroatoms. The zero-order chi connectivity index (χ0) is 12.5. The fourth-order valence-corrected chi connectivity index (χ4v) is 2.52. The molecular formula is C14H22FNS. The molecule has 0 aromatic heterocycles. The normalized spacial score (nSPS) is 10.8. The average molecular weight is 255 g/mol. The summed E-state index contributed by atoms with van der Waals surface area (Å²) in [5.41, 5.74) is 1.02. The van der Waals surface area contributed by atoms with E-state index in [4.69, 9.17) is 0 Å². The molecule has 0 atom stereocenters. The molecule has 0 unspecified atom stereocenters. The van der Waals surface area contributed by atoms with Gasteiger partial charge in [-0.2, -0.15) is 0 Å². The topological polar surface area (TPSA) is 12.0 Å². The summed E-state index contributed by atoms with van der Waals surface area (Å²) in [7, 11) is 0. The fraction of sp³-hybridized carbons (Fsp3) is 0.571. The zero-order valence-electron chi connectivity index (χ0n) is 10.8. The summed E-state index contributed by atoms with van der Waals surface area (Å²) in [6, 6.07) is 5.57. The smallest absolute Gasteiger partial charge is 0.137 e. The SMILES string of the molecule is CCCCSc1ccc(CNCCC)cc1F. The number of nitrogens with one attached hydrogen (secondary N) is 1. The van der Waals surface area contributed by atoms with Gasteiger partial charge in [-0.1, -0.05) is 26.3 Å². The van der Waals surface area contributed by atoms with E-state index in [0.29, 0.717) is 0 Å². The Kier molecular flexibility index (Phi) is 7.29. The van der Waals surface area contributed by atoms with Crippen molar-refractivity contribution in [1.82, 2.24) is 5.32 Å². The molecular weight excluding hydrogens is 233 g/mol. The van der Waals surface area contributed by atoms with Crippen LogP contribution in [0.5, 0.6) is 0 Å². The number of hydrogen-bond donors (Lipinski definition) is 1. The molecule has 1 N–H and O–H groups in total. The molecule has 0 saturated carbocycles. The number of unbranched alkanes of at least 4 members (excludes halogenated alkanes) is 1. The molecule has 1 aromatic rings. The van der Waals surface area contributed by atoms with Crippen molar-refractivity contribution in [3.8, 4) is 0 Å². The number of halogens is 1. The minimum absolute atomic E-state index is 0.0816. The molecule has 1 rings (SSSR count). The quantitative estimate of drug-likeness (QED) is 0.551. The van der Waals surface area contributed by atoms with Gasteiger partial charge in [0.05, 0.1) is 0 Å². The lowest BCUT2D eigenvalue weighted by molar-refractivity contribution is 0.595. The van der Waals surface area contributed by atoms with Gasteiger partial charge in [0.15, 0.2) is 0 Å². The number of hydrogen-bond acceptors (Lipinski definition) is 2. The minimum atomic E-state index is -0.0816. The molecule has 0 bridgehead atoms. The Morgan fingerprint density at radius 2 is 2.06 bits per heavy atom. The van der Waals surface area contributed by atoms with Gasteiger partial charge in [-0.05, 0) is 42.8 Å². The van der Waals surface area contributed by atoms with E-state index in [9.17, 15) is 4.39 Å². The molecule has 0 saturated heterocycles. The van der Waals surface area contributed by atoms with Gasteiger partial charge < -0.3 is 5.32 Å². The van der Waals surface area contributed by atoms with E-state index in [0.717, 1.165) is 48.6 Å². The molecule has 0 spiro atoms. The molecule has 1 aromatic carbocycles. The Morgan fingerprint density at radius 1 is 1.24 bits per heavy atom. The molecule has 96 valence electrons. The highest BCUT2D eigenvalue weighted by Gasteiger charge is 2.03. The molecule has 1 nitrogen and oxygen atoms in total. The second-order valence-electron chi connectivity index (χ2n) is 4.14. The largest absolute Gasteiger partial charge is 0.313 e.